The van der Waals surface area contributed by atoms with Gasteiger partial charge in [0.05, 0.1) is 6.61 Å². The van der Waals surface area contributed by atoms with Gasteiger partial charge in [-0.25, -0.2) is 0 Å². The highest BCUT2D eigenvalue weighted by atomic mass is 32.1. The van der Waals surface area contributed by atoms with Gasteiger partial charge < -0.3 is 10.5 Å². The molecule has 21 heavy (non-hydrogen) atoms. The Morgan fingerprint density at radius 1 is 1.10 bits per heavy atom. The molecule has 0 fully saturated rings. The second-order valence-electron chi connectivity index (χ2n) is 5.01. The number of rotatable bonds is 7. The van der Waals surface area contributed by atoms with Crippen molar-refractivity contribution in [3.05, 3.63) is 59.7 Å². The van der Waals surface area contributed by atoms with Crippen molar-refractivity contribution < 1.29 is 4.74 Å². The molecule has 2 aromatic rings. The summed E-state index contributed by atoms with van der Waals surface area (Å²) in [5.74, 6) is 0. The van der Waals surface area contributed by atoms with E-state index in [4.69, 9.17) is 22.7 Å². The molecule has 0 aliphatic heterocycles. The van der Waals surface area contributed by atoms with Crippen LogP contribution in [0.4, 0.5) is 0 Å². The van der Waals surface area contributed by atoms with Crippen molar-refractivity contribution in [2.24, 2.45) is 5.73 Å². The van der Waals surface area contributed by atoms with Gasteiger partial charge in [-0.3, -0.25) is 0 Å². The number of hydrogen-bond acceptors (Lipinski definition) is 2. The fourth-order valence-corrected chi connectivity index (χ4v) is 2.34. The van der Waals surface area contributed by atoms with E-state index in [-0.39, 0.29) is 0 Å². The molecule has 0 aliphatic carbocycles. The third-order valence-electron chi connectivity index (χ3n) is 3.37. The van der Waals surface area contributed by atoms with Gasteiger partial charge >= 0.3 is 0 Å². The summed E-state index contributed by atoms with van der Waals surface area (Å²) in [6.07, 6.45) is 2.27. The Labute approximate surface area is 131 Å². The van der Waals surface area contributed by atoms with Crippen LogP contribution in [0.5, 0.6) is 0 Å². The Morgan fingerprint density at radius 3 is 2.48 bits per heavy atom. The zero-order valence-corrected chi connectivity index (χ0v) is 13.2. The van der Waals surface area contributed by atoms with Gasteiger partial charge in [0, 0.05) is 12.2 Å². The smallest absolute Gasteiger partial charge is 0.104 e. The van der Waals surface area contributed by atoms with Gasteiger partial charge in [0.2, 0.25) is 0 Å². The summed E-state index contributed by atoms with van der Waals surface area (Å²) in [5.41, 5.74) is 10.1. The average molecular weight is 299 g/mol. The molecule has 2 N–H and O–H groups in total. The molecule has 0 bridgehead atoms. The highest BCUT2D eigenvalue weighted by Crippen LogP contribution is 2.24. The van der Waals surface area contributed by atoms with Gasteiger partial charge in [0.15, 0.2) is 0 Å². The molecule has 0 atom stereocenters. The van der Waals surface area contributed by atoms with E-state index in [1.165, 1.54) is 5.56 Å². The lowest BCUT2D eigenvalue weighted by atomic mass is 9.99. The van der Waals surface area contributed by atoms with E-state index in [0.29, 0.717) is 11.6 Å². The number of nitrogens with two attached hydrogens (primary N) is 1. The van der Waals surface area contributed by atoms with Crippen molar-refractivity contribution >= 4 is 17.2 Å². The molecule has 2 rings (SSSR count). The quantitative estimate of drug-likeness (QED) is 0.611. The molecule has 3 heteroatoms. The SMILES string of the molecule is CCCCOCc1ccc(-c2ccccc2C(N)=S)cc1. The normalized spacial score (nSPS) is 10.5. The zero-order valence-electron chi connectivity index (χ0n) is 12.3. The van der Waals surface area contributed by atoms with Crippen LogP contribution in [0.25, 0.3) is 11.1 Å². The summed E-state index contributed by atoms with van der Waals surface area (Å²) < 4.78 is 5.63. The van der Waals surface area contributed by atoms with Crippen LogP contribution in [0, 0.1) is 0 Å². The van der Waals surface area contributed by atoms with Crippen LogP contribution >= 0.6 is 12.2 Å². The van der Waals surface area contributed by atoms with Gasteiger partial charge in [-0.1, -0.05) is 74.1 Å². The predicted octanol–water partition coefficient (Wildman–Crippen LogP) is 4.30. The molecular weight excluding hydrogens is 278 g/mol. The Kier molecular flexibility index (Phi) is 5.90. The van der Waals surface area contributed by atoms with Crippen LogP contribution in [0.3, 0.4) is 0 Å². The summed E-state index contributed by atoms with van der Waals surface area (Å²) in [6, 6.07) is 16.3. The van der Waals surface area contributed by atoms with Gasteiger partial charge in [0.25, 0.3) is 0 Å². The third-order valence-corrected chi connectivity index (χ3v) is 3.59. The van der Waals surface area contributed by atoms with E-state index >= 15 is 0 Å². The number of benzene rings is 2. The van der Waals surface area contributed by atoms with Crippen LogP contribution in [-0.2, 0) is 11.3 Å². The molecule has 2 nitrogen and oxygen atoms in total. The lowest BCUT2D eigenvalue weighted by molar-refractivity contribution is 0.118. The van der Waals surface area contributed by atoms with E-state index < -0.39 is 0 Å². The first kappa shape index (κ1) is 15.7. The molecule has 0 aliphatic rings. The minimum Gasteiger partial charge on any atom is -0.389 e. The van der Waals surface area contributed by atoms with Crippen LogP contribution in [0.2, 0.25) is 0 Å². The number of ether oxygens (including phenoxy) is 1. The number of hydrogen-bond donors (Lipinski definition) is 1. The summed E-state index contributed by atoms with van der Waals surface area (Å²) in [7, 11) is 0. The zero-order chi connectivity index (χ0) is 15.1. The third kappa shape index (κ3) is 4.38. The maximum absolute atomic E-state index is 5.79. The standard InChI is InChI=1S/C18H21NOS/c1-2-3-12-20-13-14-8-10-15(11-9-14)16-6-4-5-7-17(16)18(19)21/h4-11H,2-3,12-13H2,1H3,(H2,19,21). The van der Waals surface area contributed by atoms with Crippen molar-refractivity contribution in [2.45, 2.75) is 26.4 Å². The largest absolute Gasteiger partial charge is 0.389 e. The Morgan fingerprint density at radius 2 is 1.81 bits per heavy atom. The molecule has 0 saturated heterocycles. The first-order chi connectivity index (χ1) is 10.2. The maximum Gasteiger partial charge on any atom is 0.104 e. The van der Waals surface area contributed by atoms with Crippen molar-refractivity contribution in [2.75, 3.05) is 6.61 Å². The Balaban J connectivity index is 2.10. The van der Waals surface area contributed by atoms with Gasteiger partial charge in [-0.2, -0.15) is 0 Å². The van der Waals surface area contributed by atoms with Gasteiger partial charge in [0.1, 0.15) is 4.99 Å². The first-order valence-corrected chi connectivity index (χ1v) is 7.69. The summed E-state index contributed by atoms with van der Waals surface area (Å²) >= 11 is 5.12. The fourth-order valence-electron chi connectivity index (χ4n) is 2.17. The van der Waals surface area contributed by atoms with Crippen LogP contribution in [0.15, 0.2) is 48.5 Å². The highest BCUT2D eigenvalue weighted by molar-refractivity contribution is 7.80. The lowest BCUT2D eigenvalue weighted by Gasteiger charge is -2.09. The Bertz CT molecular complexity index is 592. The molecule has 0 heterocycles. The fraction of sp³-hybridized carbons (Fsp3) is 0.278. The highest BCUT2D eigenvalue weighted by Gasteiger charge is 2.06. The number of unbranched alkanes of at least 4 members (excludes halogenated alkanes) is 1. The monoisotopic (exact) mass is 299 g/mol. The summed E-state index contributed by atoms with van der Waals surface area (Å²) in [4.78, 5) is 0.428. The van der Waals surface area contributed by atoms with Crippen molar-refractivity contribution in [1.82, 2.24) is 0 Å². The molecule has 0 amide bonds. The minimum atomic E-state index is 0.428. The van der Waals surface area contributed by atoms with Crippen LogP contribution in [0.1, 0.15) is 30.9 Å². The summed E-state index contributed by atoms with van der Waals surface area (Å²) in [6.45, 7) is 3.65. The van der Waals surface area contributed by atoms with Gasteiger partial charge in [-0.05, 0) is 23.1 Å². The molecule has 0 spiro atoms. The van der Waals surface area contributed by atoms with Crippen molar-refractivity contribution in [3.8, 4) is 11.1 Å². The van der Waals surface area contributed by atoms with E-state index in [0.717, 1.165) is 36.1 Å². The molecule has 0 unspecified atom stereocenters. The minimum absolute atomic E-state index is 0.428. The predicted molar refractivity (Wildman–Crippen MR) is 92.3 cm³/mol. The second kappa shape index (κ2) is 7.91. The first-order valence-electron chi connectivity index (χ1n) is 7.28. The van der Waals surface area contributed by atoms with E-state index in [1.807, 2.05) is 24.3 Å². The molecule has 2 aromatic carbocycles. The molecular formula is C18H21NOS. The maximum atomic E-state index is 5.79. The van der Waals surface area contributed by atoms with Gasteiger partial charge in [-0.15, -0.1) is 0 Å². The average Bonchev–Trinajstić information content (AvgIpc) is 2.52. The lowest BCUT2D eigenvalue weighted by Crippen LogP contribution is -2.10. The summed E-state index contributed by atoms with van der Waals surface area (Å²) in [5, 5.41) is 0. The van der Waals surface area contributed by atoms with Crippen molar-refractivity contribution in [1.29, 1.82) is 0 Å². The van der Waals surface area contributed by atoms with Crippen LogP contribution in [-0.4, -0.2) is 11.6 Å². The molecule has 0 aromatic heterocycles. The van der Waals surface area contributed by atoms with E-state index in [9.17, 15) is 0 Å². The number of thiocarbonyl (C=S) groups is 1. The van der Waals surface area contributed by atoms with E-state index in [2.05, 4.69) is 31.2 Å². The van der Waals surface area contributed by atoms with Crippen LogP contribution < -0.4 is 5.73 Å². The van der Waals surface area contributed by atoms with Crippen molar-refractivity contribution in [3.63, 3.8) is 0 Å². The van der Waals surface area contributed by atoms with E-state index in [1.54, 1.807) is 0 Å². The molecule has 110 valence electrons. The molecule has 0 radical (unpaired) electrons. The molecule has 0 saturated carbocycles. The topological polar surface area (TPSA) is 35.2 Å². The Hall–Kier alpha value is -1.71. The second-order valence-corrected chi connectivity index (χ2v) is 5.45.